The number of halogens is 5. The minimum Gasteiger partial charge on any atom is -0.454 e. The molecule has 0 saturated carbocycles. The number of alkyl halides is 3. The van der Waals surface area contributed by atoms with E-state index in [1.165, 1.54) is 6.07 Å². The van der Waals surface area contributed by atoms with Crippen molar-refractivity contribution in [3.63, 3.8) is 0 Å². The lowest BCUT2D eigenvalue weighted by atomic mass is 10.2. The number of benzene rings is 2. The quantitative estimate of drug-likeness (QED) is 0.653. The maximum atomic E-state index is 12.5. The minimum absolute atomic E-state index is 0.203. The van der Waals surface area contributed by atoms with E-state index in [1.54, 1.807) is 18.2 Å². The van der Waals surface area contributed by atoms with E-state index in [2.05, 4.69) is 31.9 Å². The van der Waals surface area contributed by atoms with Gasteiger partial charge in [0.25, 0.3) is 0 Å². The lowest BCUT2D eigenvalue weighted by molar-refractivity contribution is -0.137. The fraction of sp³-hybridized carbons (Fsp3) is 0.0769. The normalized spacial score (nSPS) is 11.4. The maximum Gasteiger partial charge on any atom is 0.416 e. The van der Waals surface area contributed by atoms with Gasteiger partial charge in [0.2, 0.25) is 0 Å². The van der Waals surface area contributed by atoms with Gasteiger partial charge in [-0.25, -0.2) is 0 Å². The van der Waals surface area contributed by atoms with E-state index in [4.69, 9.17) is 10.5 Å². The summed E-state index contributed by atoms with van der Waals surface area (Å²) in [6.45, 7) is 0. The summed E-state index contributed by atoms with van der Waals surface area (Å²) >= 11 is 6.32. The summed E-state index contributed by atoms with van der Waals surface area (Å²) in [7, 11) is 0. The van der Waals surface area contributed by atoms with Crippen molar-refractivity contribution < 1.29 is 17.9 Å². The summed E-state index contributed by atoms with van der Waals surface area (Å²) in [6, 6.07) is 8.16. The zero-order chi connectivity index (χ0) is 14.9. The van der Waals surface area contributed by atoms with Crippen LogP contribution < -0.4 is 10.5 Å². The van der Waals surface area contributed by atoms with Crippen molar-refractivity contribution in [3.8, 4) is 11.5 Å². The van der Waals surface area contributed by atoms with Crippen LogP contribution >= 0.6 is 31.9 Å². The minimum atomic E-state index is -4.39. The Morgan fingerprint density at radius 1 is 0.950 bits per heavy atom. The molecule has 2 aromatic carbocycles. The van der Waals surface area contributed by atoms with Gasteiger partial charge in [0.05, 0.1) is 15.7 Å². The largest absolute Gasteiger partial charge is 0.454 e. The van der Waals surface area contributed by atoms with Gasteiger partial charge >= 0.3 is 6.18 Å². The standard InChI is InChI=1S/C13H8Br2F3NO/c14-8-2-4-12(10(19)6-8)20-11-3-1-7(5-9(11)15)13(16,17)18/h1-6H,19H2. The first-order valence-electron chi connectivity index (χ1n) is 5.37. The monoisotopic (exact) mass is 409 g/mol. The van der Waals surface area contributed by atoms with Crippen molar-refractivity contribution >= 4 is 37.5 Å². The fourth-order valence-electron chi connectivity index (χ4n) is 1.49. The first-order valence-corrected chi connectivity index (χ1v) is 6.95. The van der Waals surface area contributed by atoms with Crippen LogP contribution in [0.2, 0.25) is 0 Å². The Labute approximate surface area is 130 Å². The molecule has 0 amide bonds. The fourth-order valence-corrected chi connectivity index (χ4v) is 2.33. The lowest BCUT2D eigenvalue weighted by Gasteiger charge is -2.12. The van der Waals surface area contributed by atoms with Crippen molar-refractivity contribution in [3.05, 3.63) is 50.9 Å². The van der Waals surface area contributed by atoms with Gasteiger partial charge in [-0.15, -0.1) is 0 Å². The van der Waals surface area contributed by atoms with E-state index in [0.29, 0.717) is 11.4 Å². The molecule has 2 rings (SSSR count). The molecule has 0 atom stereocenters. The van der Waals surface area contributed by atoms with E-state index in [-0.39, 0.29) is 10.2 Å². The number of ether oxygens (including phenoxy) is 1. The zero-order valence-corrected chi connectivity index (χ0v) is 13.0. The molecule has 0 radical (unpaired) electrons. The summed E-state index contributed by atoms with van der Waals surface area (Å²) in [4.78, 5) is 0. The van der Waals surface area contributed by atoms with Crippen molar-refractivity contribution in [1.29, 1.82) is 0 Å². The molecule has 0 aliphatic carbocycles. The number of nitrogen functional groups attached to an aromatic ring is 1. The highest BCUT2D eigenvalue weighted by Gasteiger charge is 2.31. The second-order valence-electron chi connectivity index (χ2n) is 3.93. The number of hydrogen-bond donors (Lipinski definition) is 1. The SMILES string of the molecule is Nc1cc(Br)ccc1Oc1ccc(C(F)(F)F)cc1Br. The van der Waals surface area contributed by atoms with E-state index in [9.17, 15) is 13.2 Å². The third-order valence-corrected chi connectivity index (χ3v) is 3.56. The Hall–Kier alpha value is -1.21. The highest BCUT2D eigenvalue weighted by Crippen LogP contribution is 2.38. The predicted molar refractivity (Wildman–Crippen MR) is 77.8 cm³/mol. The molecule has 7 heteroatoms. The van der Waals surface area contributed by atoms with Gasteiger partial charge in [0, 0.05) is 4.47 Å². The molecule has 0 fully saturated rings. The van der Waals surface area contributed by atoms with Gasteiger partial charge in [-0.3, -0.25) is 0 Å². The predicted octanol–water partition coefficient (Wildman–Crippen LogP) is 5.60. The molecule has 0 aliphatic rings. The first kappa shape index (κ1) is 15.2. The van der Waals surface area contributed by atoms with Gasteiger partial charge in [-0.2, -0.15) is 13.2 Å². The molecule has 20 heavy (non-hydrogen) atoms. The van der Waals surface area contributed by atoms with Crippen LogP contribution in [0.25, 0.3) is 0 Å². The molecule has 0 heterocycles. The van der Waals surface area contributed by atoms with Crippen LogP contribution in [0.1, 0.15) is 5.56 Å². The average molecular weight is 411 g/mol. The van der Waals surface area contributed by atoms with E-state index < -0.39 is 11.7 Å². The highest BCUT2D eigenvalue weighted by molar-refractivity contribution is 9.10. The molecule has 0 aromatic heterocycles. The molecule has 2 nitrogen and oxygen atoms in total. The number of hydrogen-bond acceptors (Lipinski definition) is 2. The highest BCUT2D eigenvalue weighted by atomic mass is 79.9. The summed E-state index contributed by atoms with van der Waals surface area (Å²) in [5.74, 6) is 0.626. The smallest absolute Gasteiger partial charge is 0.416 e. The molecule has 0 bridgehead atoms. The van der Waals surface area contributed by atoms with Crippen LogP contribution in [0.5, 0.6) is 11.5 Å². The second-order valence-corrected chi connectivity index (χ2v) is 5.70. The molecule has 106 valence electrons. The van der Waals surface area contributed by atoms with Crippen LogP contribution in [0.4, 0.5) is 18.9 Å². The molecule has 0 saturated heterocycles. The maximum absolute atomic E-state index is 12.5. The zero-order valence-electron chi connectivity index (χ0n) is 9.84. The van der Waals surface area contributed by atoms with Crippen molar-refractivity contribution in [2.24, 2.45) is 0 Å². The molecule has 2 aromatic rings. The average Bonchev–Trinajstić information content (AvgIpc) is 2.33. The third-order valence-electron chi connectivity index (χ3n) is 2.45. The van der Waals surface area contributed by atoms with Gasteiger partial charge in [-0.1, -0.05) is 15.9 Å². The Bertz CT molecular complexity index is 644. The van der Waals surface area contributed by atoms with Gasteiger partial charge < -0.3 is 10.5 Å². The van der Waals surface area contributed by atoms with Gasteiger partial charge in [-0.05, 0) is 52.3 Å². The van der Waals surface area contributed by atoms with Gasteiger partial charge in [0.1, 0.15) is 11.5 Å². The molecule has 0 aliphatic heterocycles. The van der Waals surface area contributed by atoms with Crippen LogP contribution in [0.15, 0.2) is 45.3 Å². The Morgan fingerprint density at radius 3 is 2.15 bits per heavy atom. The molecule has 0 unspecified atom stereocenters. The van der Waals surface area contributed by atoms with Crippen molar-refractivity contribution in [1.82, 2.24) is 0 Å². The molecular weight excluding hydrogens is 403 g/mol. The topological polar surface area (TPSA) is 35.2 Å². The first-order chi connectivity index (χ1) is 9.27. The molecule has 0 spiro atoms. The summed E-state index contributed by atoms with van der Waals surface area (Å²) in [5, 5.41) is 0. The Morgan fingerprint density at radius 2 is 1.60 bits per heavy atom. The summed E-state index contributed by atoms with van der Waals surface area (Å²) < 4.78 is 44.1. The van der Waals surface area contributed by atoms with Crippen LogP contribution in [-0.4, -0.2) is 0 Å². The van der Waals surface area contributed by atoms with Gasteiger partial charge in [0.15, 0.2) is 0 Å². The number of nitrogens with two attached hydrogens (primary N) is 1. The lowest BCUT2D eigenvalue weighted by Crippen LogP contribution is -2.04. The van der Waals surface area contributed by atoms with Crippen LogP contribution in [0.3, 0.4) is 0 Å². The van der Waals surface area contributed by atoms with E-state index in [0.717, 1.165) is 16.6 Å². The Kier molecular flexibility index (Phi) is 4.29. The van der Waals surface area contributed by atoms with Crippen LogP contribution in [0, 0.1) is 0 Å². The number of anilines is 1. The van der Waals surface area contributed by atoms with E-state index in [1.807, 2.05) is 0 Å². The van der Waals surface area contributed by atoms with Crippen LogP contribution in [-0.2, 0) is 6.18 Å². The summed E-state index contributed by atoms with van der Waals surface area (Å²) in [5.41, 5.74) is 5.40. The summed E-state index contributed by atoms with van der Waals surface area (Å²) in [6.07, 6.45) is -4.39. The molecular formula is C13H8Br2F3NO. The third kappa shape index (κ3) is 3.46. The Balaban J connectivity index is 2.30. The number of rotatable bonds is 2. The van der Waals surface area contributed by atoms with E-state index >= 15 is 0 Å². The van der Waals surface area contributed by atoms with Crippen molar-refractivity contribution in [2.45, 2.75) is 6.18 Å². The van der Waals surface area contributed by atoms with Crippen molar-refractivity contribution in [2.75, 3.05) is 5.73 Å². The molecule has 2 N–H and O–H groups in total. The second kappa shape index (κ2) is 5.65.